The molecule has 2 amide bonds. The maximum atomic E-state index is 13.2. The predicted molar refractivity (Wildman–Crippen MR) is 97.6 cm³/mol. The SMILES string of the molecule is CCCN(Cc1ccc(C#N)cc1)C(=O)C1CSC2(C)CCC(=O)N12. The van der Waals surface area contributed by atoms with E-state index < -0.39 is 0 Å². The van der Waals surface area contributed by atoms with Gasteiger partial charge in [-0.05, 0) is 37.5 Å². The monoisotopic (exact) mass is 357 g/mol. The molecule has 2 aliphatic heterocycles. The van der Waals surface area contributed by atoms with Crippen molar-refractivity contribution in [3.63, 3.8) is 0 Å². The van der Waals surface area contributed by atoms with Crippen LogP contribution in [0.15, 0.2) is 24.3 Å². The van der Waals surface area contributed by atoms with Crippen molar-refractivity contribution < 1.29 is 9.59 Å². The molecule has 0 aliphatic carbocycles. The molecule has 2 heterocycles. The zero-order chi connectivity index (χ0) is 18.0. The third-order valence-electron chi connectivity index (χ3n) is 4.99. The highest BCUT2D eigenvalue weighted by molar-refractivity contribution is 8.01. The van der Waals surface area contributed by atoms with E-state index in [9.17, 15) is 9.59 Å². The highest BCUT2D eigenvalue weighted by atomic mass is 32.2. The molecule has 25 heavy (non-hydrogen) atoms. The minimum Gasteiger partial charge on any atom is -0.337 e. The normalized spacial score (nSPS) is 24.9. The Labute approximate surface area is 153 Å². The Balaban J connectivity index is 1.77. The molecule has 2 atom stereocenters. The molecule has 0 bridgehead atoms. The minimum absolute atomic E-state index is 0.0395. The van der Waals surface area contributed by atoms with Crippen LogP contribution in [-0.4, -0.2) is 44.8 Å². The third-order valence-corrected chi connectivity index (χ3v) is 6.50. The zero-order valence-electron chi connectivity index (χ0n) is 14.7. The van der Waals surface area contributed by atoms with Gasteiger partial charge in [0.05, 0.1) is 16.5 Å². The fourth-order valence-corrected chi connectivity index (χ4v) is 5.08. The van der Waals surface area contributed by atoms with E-state index in [1.54, 1.807) is 23.9 Å². The van der Waals surface area contributed by atoms with E-state index in [1.807, 2.05) is 28.9 Å². The molecule has 0 radical (unpaired) electrons. The molecule has 2 unspecified atom stereocenters. The van der Waals surface area contributed by atoms with Gasteiger partial charge in [0.15, 0.2) is 0 Å². The van der Waals surface area contributed by atoms with E-state index in [0.717, 1.165) is 18.4 Å². The van der Waals surface area contributed by atoms with E-state index >= 15 is 0 Å². The summed E-state index contributed by atoms with van der Waals surface area (Å²) in [5.41, 5.74) is 1.62. The second-order valence-corrected chi connectivity index (χ2v) is 8.34. The summed E-state index contributed by atoms with van der Waals surface area (Å²) in [6.45, 7) is 5.30. The van der Waals surface area contributed by atoms with Crippen molar-refractivity contribution in [1.82, 2.24) is 9.80 Å². The Kier molecular flexibility index (Phi) is 5.05. The second kappa shape index (κ2) is 7.09. The summed E-state index contributed by atoms with van der Waals surface area (Å²) >= 11 is 1.72. The lowest BCUT2D eigenvalue weighted by molar-refractivity contribution is -0.144. The Morgan fingerprint density at radius 1 is 1.44 bits per heavy atom. The summed E-state index contributed by atoms with van der Waals surface area (Å²) in [4.78, 5) is 28.9. The van der Waals surface area contributed by atoms with Gasteiger partial charge in [-0.15, -0.1) is 11.8 Å². The van der Waals surface area contributed by atoms with E-state index in [-0.39, 0.29) is 22.7 Å². The quantitative estimate of drug-likeness (QED) is 0.813. The van der Waals surface area contributed by atoms with Crippen molar-refractivity contribution in [2.75, 3.05) is 12.3 Å². The summed E-state index contributed by atoms with van der Waals surface area (Å²) in [6.07, 6.45) is 2.23. The van der Waals surface area contributed by atoms with Crippen LogP contribution in [0.1, 0.15) is 44.2 Å². The van der Waals surface area contributed by atoms with Crippen LogP contribution in [-0.2, 0) is 16.1 Å². The number of fused-ring (bicyclic) bond motifs is 1. The first-order valence-electron chi connectivity index (χ1n) is 8.72. The molecule has 0 aromatic heterocycles. The molecule has 6 heteroatoms. The van der Waals surface area contributed by atoms with Crippen LogP contribution in [0.2, 0.25) is 0 Å². The average Bonchev–Trinajstić information content (AvgIpc) is 3.11. The lowest BCUT2D eigenvalue weighted by Gasteiger charge is -2.33. The molecular formula is C19H23N3O2S. The molecule has 2 aliphatic rings. The van der Waals surface area contributed by atoms with Crippen molar-refractivity contribution in [2.45, 2.75) is 50.6 Å². The second-order valence-electron chi connectivity index (χ2n) is 6.83. The van der Waals surface area contributed by atoms with Crippen LogP contribution in [0.5, 0.6) is 0 Å². The highest BCUT2D eigenvalue weighted by Gasteiger charge is 2.53. The molecule has 0 saturated carbocycles. The van der Waals surface area contributed by atoms with E-state index in [0.29, 0.717) is 30.8 Å². The van der Waals surface area contributed by atoms with Crippen molar-refractivity contribution in [3.8, 4) is 6.07 Å². The van der Waals surface area contributed by atoms with Gasteiger partial charge >= 0.3 is 0 Å². The van der Waals surface area contributed by atoms with Gasteiger partial charge in [-0.25, -0.2) is 0 Å². The van der Waals surface area contributed by atoms with Crippen molar-refractivity contribution in [1.29, 1.82) is 5.26 Å². The number of hydrogen-bond donors (Lipinski definition) is 0. The summed E-state index contributed by atoms with van der Waals surface area (Å²) < 4.78 is 0. The maximum absolute atomic E-state index is 13.2. The van der Waals surface area contributed by atoms with Gasteiger partial charge < -0.3 is 9.80 Å². The Morgan fingerprint density at radius 2 is 2.16 bits per heavy atom. The highest BCUT2D eigenvalue weighted by Crippen LogP contribution is 2.47. The first-order chi connectivity index (χ1) is 12.0. The number of thioether (sulfide) groups is 1. The molecule has 5 nitrogen and oxygen atoms in total. The maximum Gasteiger partial charge on any atom is 0.246 e. The third kappa shape index (κ3) is 3.38. The smallest absolute Gasteiger partial charge is 0.246 e. The number of carbonyl (C=O) groups is 2. The predicted octanol–water partition coefficient (Wildman–Crippen LogP) is 2.75. The minimum atomic E-state index is -0.352. The summed E-state index contributed by atoms with van der Waals surface area (Å²) in [6, 6.07) is 9.09. The van der Waals surface area contributed by atoms with Crippen LogP contribution >= 0.6 is 11.8 Å². The van der Waals surface area contributed by atoms with Crippen molar-refractivity contribution in [2.24, 2.45) is 0 Å². The molecule has 1 aromatic rings. The molecule has 132 valence electrons. The average molecular weight is 357 g/mol. The fourth-order valence-electron chi connectivity index (χ4n) is 3.66. The molecule has 2 saturated heterocycles. The number of benzene rings is 1. The number of rotatable bonds is 5. The van der Waals surface area contributed by atoms with Gasteiger partial charge in [0, 0.05) is 25.3 Å². The number of hydrogen-bond acceptors (Lipinski definition) is 4. The Hall–Kier alpha value is -2.00. The largest absolute Gasteiger partial charge is 0.337 e. The lowest BCUT2D eigenvalue weighted by Crippen LogP contribution is -2.51. The standard InChI is InChI=1S/C19H23N3O2S/c1-3-10-21(12-15-6-4-14(11-20)5-7-15)18(24)16-13-25-19(2)9-8-17(23)22(16)19/h4-7,16H,3,8-10,12-13H2,1-2H3. The molecule has 0 spiro atoms. The molecule has 3 rings (SSSR count). The van der Waals surface area contributed by atoms with Crippen LogP contribution in [0.25, 0.3) is 0 Å². The Bertz CT molecular complexity index is 712. The number of amides is 2. The van der Waals surface area contributed by atoms with Crippen molar-refractivity contribution in [3.05, 3.63) is 35.4 Å². The van der Waals surface area contributed by atoms with E-state index in [1.165, 1.54) is 0 Å². The van der Waals surface area contributed by atoms with Crippen molar-refractivity contribution >= 4 is 23.6 Å². The van der Waals surface area contributed by atoms with E-state index in [4.69, 9.17) is 5.26 Å². The van der Waals surface area contributed by atoms with Crippen LogP contribution in [0, 0.1) is 11.3 Å². The lowest BCUT2D eigenvalue weighted by atomic mass is 10.1. The summed E-state index contributed by atoms with van der Waals surface area (Å²) in [7, 11) is 0. The first kappa shape index (κ1) is 17.8. The Morgan fingerprint density at radius 3 is 2.80 bits per heavy atom. The number of nitriles is 1. The summed E-state index contributed by atoms with van der Waals surface area (Å²) in [5, 5.41) is 8.91. The van der Waals surface area contributed by atoms with Gasteiger partial charge in [-0.1, -0.05) is 19.1 Å². The molecule has 1 aromatic carbocycles. The first-order valence-corrected chi connectivity index (χ1v) is 9.71. The number of carbonyl (C=O) groups excluding carboxylic acids is 2. The van der Waals surface area contributed by atoms with Gasteiger partial charge in [-0.3, -0.25) is 9.59 Å². The van der Waals surface area contributed by atoms with Crippen LogP contribution < -0.4 is 0 Å². The summed E-state index contributed by atoms with van der Waals surface area (Å²) in [5.74, 6) is 0.813. The fraction of sp³-hybridized carbons (Fsp3) is 0.526. The number of nitrogens with zero attached hydrogens (tertiary/aromatic N) is 3. The van der Waals surface area contributed by atoms with Gasteiger partial charge in [0.1, 0.15) is 6.04 Å². The molecular weight excluding hydrogens is 334 g/mol. The molecule has 2 fully saturated rings. The van der Waals surface area contributed by atoms with Gasteiger partial charge in [0.2, 0.25) is 11.8 Å². The van der Waals surface area contributed by atoms with Crippen LogP contribution in [0.4, 0.5) is 0 Å². The molecule has 0 N–H and O–H groups in total. The van der Waals surface area contributed by atoms with E-state index in [2.05, 4.69) is 13.0 Å². The van der Waals surface area contributed by atoms with Gasteiger partial charge in [-0.2, -0.15) is 5.26 Å². The zero-order valence-corrected chi connectivity index (χ0v) is 15.5. The van der Waals surface area contributed by atoms with Crippen LogP contribution in [0.3, 0.4) is 0 Å². The topological polar surface area (TPSA) is 64.4 Å². The van der Waals surface area contributed by atoms with Gasteiger partial charge in [0.25, 0.3) is 0 Å².